The average molecular weight is 293 g/mol. The topological polar surface area (TPSA) is 86.4 Å². The quantitative estimate of drug-likeness (QED) is 0.778. The van der Waals surface area contributed by atoms with Gasteiger partial charge in [-0.05, 0) is 32.9 Å². The third-order valence-electron chi connectivity index (χ3n) is 2.39. The van der Waals surface area contributed by atoms with Gasteiger partial charge in [0.2, 0.25) is 5.91 Å². The highest BCUT2D eigenvalue weighted by Crippen LogP contribution is 2.11. The number of nitrogens with zero attached hydrogens (tertiary/aromatic N) is 2. The number of rotatable bonds is 4. The van der Waals surface area contributed by atoms with Gasteiger partial charge in [0, 0.05) is 19.6 Å². The van der Waals surface area contributed by atoms with Gasteiger partial charge in [-0.1, -0.05) is 0 Å². The molecule has 7 nitrogen and oxygen atoms in total. The molecular weight excluding hydrogens is 270 g/mol. The van der Waals surface area contributed by atoms with Crippen molar-refractivity contribution in [1.29, 1.82) is 0 Å². The summed E-state index contributed by atoms with van der Waals surface area (Å²) in [6.45, 7) is 5.56. The smallest absolute Gasteiger partial charge is 0.319 e. The molecule has 0 saturated heterocycles. The Bertz CT molecular complexity index is 491. The molecular formula is C14H23N5O2. The van der Waals surface area contributed by atoms with Gasteiger partial charge in [0.15, 0.2) is 0 Å². The van der Waals surface area contributed by atoms with Crippen molar-refractivity contribution >= 4 is 23.4 Å². The van der Waals surface area contributed by atoms with Gasteiger partial charge in [-0.3, -0.25) is 4.79 Å². The van der Waals surface area contributed by atoms with Crippen LogP contribution >= 0.6 is 0 Å². The first kappa shape index (κ1) is 16.7. The number of anilines is 2. The van der Waals surface area contributed by atoms with Crippen molar-refractivity contribution < 1.29 is 9.59 Å². The van der Waals surface area contributed by atoms with Crippen molar-refractivity contribution in [3.05, 3.63) is 18.3 Å². The summed E-state index contributed by atoms with van der Waals surface area (Å²) < 4.78 is 0. The summed E-state index contributed by atoms with van der Waals surface area (Å²) in [5, 5.41) is 7.86. The summed E-state index contributed by atoms with van der Waals surface area (Å²) in [6, 6.07) is 3.09. The molecule has 0 aromatic carbocycles. The standard InChI is InChI=1S/C14H23N5O2/c1-14(2,3)18-12(20)9-16-13(21)17-10-6-7-11(15-8-10)19(4)5/h6-8H,9H2,1-5H3,(H,18,20)(H2,16,17,21). The first-order valence-electron chi connectivity index (χ1n) is 6.66. The van der Waals surface area contributed by atoms with E-state index in [1.807, 2.05) is 39.8 Å². The van der Waals surface area contributed by atoms with E-state index in [9.17, 15) is 9.59 Å². The lowest BCUT2D eigenvalue weighted by atomic mass is 10.1. The van der Waals surface area contributed by atoms with Gasteiger partial charge in [0.25, 0.3) is 0 Å². The van der Waals surface area contributed by atoms with Crippen LogP contribution in [0.4, 0.5) is 16.3 Å². The fraction of sp³-hybridized carbons (Fsp3) is 0.500. The highest BCUT2D eigenvalue weighted by Gasteiger charge is 2.14. The molecule has 0 unspecified atom stereocenters. The third-order valence-corrected chi connectivity index (χ3v) is 2.39. The van der Waals surface area contributed by atoms with E-state index in [0.29, 0.717) is 5.69 Å². The van der Waals surface area contributed by atoms with E-state index >= 15 is 0 Å². The van der Waals surface area contributed by atoms with Crippen LogP contribution in [-0.4, -0.2) is 43.1 Å². The van der Waals surface area contributed by atoms with E-state index in [2.05, 4.69) is 20.9 Å². The SMILES string of the molecule is CN(C)c1ccc(NC(=O)NCC(=O)NC(C)(C)C)cn1. The first-order chi connectivity index (χ1) is 9.67. The molecule has 21 heavy (non-hydrogen) atoms. The zero-order chi connectivity index (χ0) is 16.0. The number of amides is 3. The van der Waals surface area contributed by atoms with Crippen LogP contribution in [0.2, 0.25) is 0 Å². The lowest BCUT2D eigenvalue weighted by molar-refractivity contribution is -0.121. The van der Waals surface area contributed by atoms with Crippen LogP contribution in [0.3, 0.4) is 0 Å². The van der Waals surface area contributed by atoms with Gasteiger partial charge in [0.05, 0.1) is 18.4 Å². The molecule has 1 aromatic heterocycles. The normalized spacial score (nSPS) is 10.7. The molecule has 0 aliphatic heterocycles. The second kappa shape index (κ2) is 6.92. The molecule has 0 aliphatic carbocycles. The second-order valence-electron chi connectivity index (χ2n) is 5.91. The monoisotopic (exact) mass is 293 g/mol. The molecule has 1 heterocycles. The van der Waals surface area contributed by atoms with E-state index < -0.39 is 6.03 Å². The van der Waals surface area contributed by atoms with Gasteiger partial charge in [-0.25, -0.2) is 9.78 Å². The van der Waals surface area contributed by atoms with Gasteiger partial charge in [-0.15, -0.1) is 0 Å². The Morgan fingerprint density at radius 1 is 1.24 bits per heavy atom. The van der Waals surface area contributed by atoms with E-state index in [1.165, 1.54) is 0 Å². The molecule has 7 heteroatoms. The van der Waals surface area contributed by atoms with Crippen LogP contribution in [-0.2, 0) is 4.79 Å². The number of nitrogens with one attached hydrogen (secondary N) is 3. The molecule has 0 aliphatic rings. The predicted octanol–water partition coefficient (Wildman–Crippen LogP) is 1.18. The number of aromatic nitrogens is 1. The van der Waals surface area contributed by atoms with Gasteiger partial charge >= 0.3 is 6.03 Å². The van der Waals surface area contributed by atoms with Crippen LogP contribution in [0, 0.1) is 0 Å². The first-order valence-corrected chi connectivity index (χ1v) is 6.66. The number of hydrogen-bond donors (Lipinski definition) is 3. The number of pyridine rings is 1. The van der Waals surface area contributed by atoms with Crippen molar-refractivity contribution in [3.8, 4) is 0 Å². The van der Waals surface area contributed by atoms with Crippen LogP contribution in [0.15, 0.2) is 18.3 Å². The molecule has 3 N–H and O–H groups in total. The third kappa shape index (κ3) is 6.60. The Labute approximate surface area is 125 Å². The zero-order valence-electron chi connectivity index (χ0n) is 13.2. The van der Waals surface area contributed by atoms with Crippen LogP contribution in [0.5, 0.6) is 0 Å². The number of urea groups is 1. The van der Waals surface area contributed by atoms with E-state index in [4.69, 9.17) is 0 Å². The maximum absolute atomic E-state index is 11.7. The molecule has 0 bridgehead atoms. The number of carbonyl (C=O) groups is 2. The highest BCUT2D eigenvalue weighted by molar-refractivity contribution is 5.92. The summed E-state index contributed by atoms with van der Waals surface area (Å²) in [5.41, 5.74) is 0.246. The fourth-order valence-corrected chi connectivity index (χ4v) is 1.52. The van der Waals surface area contributed by atoms with Gasteiger partial charge < -0.3 is 20.9 Å². The lowest BCUT2D eigenvalue weighted by Crippen LogP contribution is -2.46. The molecule has 116 valence electrons. The maximum atomic E-state index is 11.7. The minimum atomic E-state index is -0.446. The molecule has 1 aromatic rings. The zero-order valence-corrected chi connectivity index (χ0v) is 13.2. The molecule has 0 fully saturated rings. The number of hydrogen-bond acceptors (Lipinski definition) is 4. The highest BCUT2D eigenvalue weighted by atomic mass is 16.2. The van der Waals surface area contributed by atoms with E-state index in [-0.39, 0.29) is 18.0 Å². The summed E-state index contributed by atoms with van der Waals surface area (Å²) >= 11 is 0. The van der Waals surface area contributed by atoms with Crippen molar-refractivity contribution in [2.45, 2.75) is 26.3 Å². The maximum Gasteiger partial charge on any atom is 0.319 e. The molecule has 0 atom stereocenters. The number of carbonyl (C=O) groups excluding carboxylic acids is 2. The largest absolute Gasteiger partial charge is 0.363 e. The second-order valence-corrected chi connectivity index (χ2v) is 5.91. The van der Waals surface area contributed by atoms with Crippen LogP contribution < -0.4 is 20.9 Å². The summed E-state index contributed by atoms with van der Waals surface area (Å²) in [6.07, 6.45) is 1.56. The molecule has 3 amide bonds. The minimum absolute atomic E-state index is 0.0771. The van der Waals surface area contributed by atoms with Crippen molar-refractivity contribution in [2.24, 2.45) is 0 Å². The molecule has 0 saturated carbocycles. The average Bonchev–Trinajstić information content (AvgIpc) is 2.35. The van der Waals surface area contributed by atoms with Crippen molar-refractivity contribution in [3.63, 3.8) is 0 Å². The molecule has 0 radical (unpaired) electrons. The van der Waals surface area contributed by atoms with E-state index in [0.717, 1.165) is 5.82 Å². The van der Waals surface area contributed by atoms with Crippen molar-refractivity contribution in [1.82, 2.24) is 15.6 Å². The Hall–Kier alpha value is -2.31. The summed E-state index contributed by atoms with van der Waals surface area (Å²) in [5.74, 6) is 0.559. The van der Waals surface area contributed by atoms with E-state index in [1.54, 1.807) is 18.3 Å². The molecule has 1 rings (SSSR count). The lowest BCUT2D eigenvalue weighted by Gasteiger charge is -2.20. The van der Waals surface area contributed by atoms with Crippen LogP contribution in [0.1, 0.15) is 20.8 Å². The molecule has 0 spiro atoms. The van der Waals surface area contributed by atoms with Crippen LogP contribution in [0.25, 0.3) is 0 Å². The van der Waals surface area contributed by atoms with Gasteiger partial charge in [-0.2, -0.15) is 0 Å². The fourth-order valence-electron chi connectivity index (χ4n) is 1.52. The Morgan fingerprint density at radius 2 is 1.90 bits per heavy atom. The summed E-state index contributed by atoms with van der Waals surface area (Å²) in [4.78, 5) is 29.3. The summed E-state index contributed by atoms with van der Waals surface area (Å²) in [7, 11) is 3.77. The Morgan fingerprint density at radius 3 is 2.38 bits per heavy atom. The van der Waals surface area contributed by atoms with Crippen molar-refractivity contribution in [2.75, 3.05) is 30.9 Å². The minimum Gasteiger partial charge on any atom is -0.363 e. The Kier molecular flexibility index (Phi) is 5.52. The predicted molar refractivity (Wildman–Crippen MR) is 83.5 cm³/mol. The van der Waals surface area contributed by atoms with Gasteiger partial charge in [0.1, 0.15) is 5.82 Å². The Balaban J connectivity index is 2.42.